The molecular formula is C12H14F3N3O3. The lowest BCUT2D eigenvalue weighted by atomic mass is 10.2. The van der Waals surface area contributed by atoms with Crippen LogP contribution in [-0.2, 0) is 11.3 Å². The maximum absolute atomic E-state index is 11.9. The van der Waals surface area contributed by atoms with E-state index in [4.69, 9.17) is 0 Å². The van der Waals surface area contributed by atoms with Crippen molar-refractivity contribution in [1.82, 2.24) is 10.6 Å². The number of urea groups is 1. The van der Waals surface area contributed by atoms with Crippen LogP contribution in [0.3, 0.4) is 0 Å². The predicted molar refractivity (Wildman–Crippen MR) is 68.8 cm³/mol. The van der Waals surface area contributed by atoms with Gasteiger partial charge in [0.05, 0.1) is 7.11 Å². The van der Waals surface area contributed by atoms with Crippen molar-refractivity contribution >= 4 is 17.8 Å². The second-order valence-electron chi connectivity index (χ2n) is 3.96. The van der Waals surface area contributed by atoms with Gasteiger partial charge < -0.3 is 15.4 Å². The monoisotopic (exact) mass is 305 g/mol. The van der Waals surface area contributed by atoms with E-state index in [1.54, 1.807) is 29.6 Å². The summed E-state index contributed by atoms with van der Waals surface area (Å²) in [5.74, 6) is 0. The second-order valence-corrected chi connectivity index (χ2v) is 3.96. The summed E-state index contributed by atoms with van der Waals surface area (Å²) >= 11 is 0. The van der Waals surface area contributed by atoms with Gasteiger partial charge in [0.2, 0.25) is 0 Å². The fourth-order valence-corrected chi connectivity index (χ4v) is 1.30. The van der Waals surface area contributed by atoms with E-state index in [0.717, 1.165) is 0 Å². The lowest BCUT2D eigenvalue weighted by Crippen LogP contribution is -2.40. The first-order chi connectivity index (χ1) is 9.80. The number of alkyl halides is 3. The summed E-state index contributed by atoms with van der Waals surface area (Å²) < 4.78 is 40.0. The Kier molecular flexibility index (Phi) is 5.82. The Hall–Kier alpha value is -2.45. The highest BCUT2D eigenvalue weighted by molar-refractivity contribution is 5.84. The van der Waals surface area contributed by atoms with E-state index < -0.39 is 24.8 Å². The molecule has 0 aromatic heterocycles. The molecule has 1 aromatic carbocycles. The molecule has 0 bridgehead atoms. The average molecular weight is 305 g/mol. The highest BCUT2D eigenvalue weighted by Crippen LogP contribution is 2.12. The van der Waals surface area contributed by atoms with E-state index in [-0.39, 0.29) is 6.54 Å². The largest absolute Gasteiger partial charge is 0.453 e. The Morgan fingerprint density at radius 2 is 1.76 bits per heavy atom. The number of carbonyl (C=O) groups excluding carboxylic acids is 2. The van der Waals surface area contributed by atoms with Gasteiger partial charge in [-0.15, -0.1) is 0 Å². The van der Waals surface area contributed by atoms with Crippen molar-refractivity contribution in [1.29, 1.82) is 0 Å². The molecule has 0 saturated heterocycles. The normalized spacial score (nSPS) is 10.7. The number of ether oxygens (including phenoxy) is 1. The minimum absolute atomic E-state index is 0.0577. The second kappa shape index (κ2) is 7.36. The highest BCUT2D eigenvalue weighted by atomic mass is 19.4. The zero-order valence-corrected chi connectivity index (χ0v) is 11.1. The first-order valence-corrected chi connectivity index (χ1v) is 5.82. The number of benzene rings is 1. The SMILES string of the molecule is COC(=O)Nc1ccc(CNC(=O)NCC(F)(F)F)cc1. The number of nitrogens with one attached hydrogen (secondary N) is 3. The van der Waals surface area contributed by atoms with Gasteiger partial charge in [0.25, 0.3) is 0 Å². The predicted octanol–water partition coefficient (Wildman–Crippen LogP) is 2.23. The van der Waals surface area contributed by atoms with E-state index in [0.29, 0.717) is 11.3 Å². The van der Waals surface area contributed by atoms with Gasteiger partial charge in [0.15, 0.2) is 0 Å². The fourth-order valence-electron chi connectivity index (χ4n) is 1.30. The van der Waals surface area contributed by atoms with Crippen molar-refractivity contribution in [3.05, 3.63) is 29.8 Å². The molecule has 0 heterocycles. The van der Waals surface area contributed by atoms with Crippen molar-refractivity contribution < 1.29 is 27.5 Å². The van der Waals surface area contributed by atoms with Gasteiger partial charge in [0, 0.05) is 12.2 Å². The van der Waals surface area contributed by atoms with E-state index in [1.165, 1.54) is 7.11 Å². The summed E-state index contributed by atoms with van der Waals surface area (Å²) in [6, 6.07) is 5.44. The smallest absolute Gasteiger partial charge is 0.411 e. The van der Waals surface area contributed by atoms with Crippen LogP contribution in [0.5, 0.6) is 0 Å². The Labute approximate surface area is 118 Å². The van der Waals surface area contributed by atoms with Crippen LogP contribution in [0.25, 0.3) is 0 Å². The van der Waals surface area contributed by atoms with Crippen LogP contribution >= 0.6 is 0 Å². The van der Waals surface area contributed by atoms with E-state index in [9.17, 15) is 22.8 Å². The molecule has 0 aliphatic heterocycles. The molecule has 116 valence electrons. The van der Waals surface area contributed by atoms with Crippen LogP contribution in [0, 0.1) is 0 Å². The van der Waals surface area contributed by atoms with Gasteiger partial charge in [-0.3, -0.25) is 5.32 Å². The van der Waals surface area contributed by atoms with Gasteiger partial charge >= 0.3 is 18.3 Å². The molecular weight excluding hydrogens is 291 g/mol. The van der Waals surface area contributed by atoms with Crippen molar-refractivity contribution in [2.24, 2.45) is 0 Å². The molecule has 0 atom stereocenters. The third-order valence-electron chi connectivity index (χ3n) is 2.29. The molecule has 1 rings (SSSR count). The first kappa shape index (κ1) is 16.6. The Morgan fingerprint density at radius 3 is 2.29 bits per heavy atom. The summed E-state index contributed by atoms with van der Waals surface area (Å²) in [6.45, 7) is -1.33. The Balaban J connectivity index is 2.39. The van der Waals surface area contributed by atoms with Crippen molar-refractivity contribution in [3.8, 4) is 0 Å². The lowest BCUT2D eigenvalue weighted by Gasteiger charge is -2.10. The molecule has 0 saturated carbocycles. The number of anilines is 1. The molecule has 0 unspecified atom stereocenters. The molecule has 21 heavy (non-hydrogen) atoms. The molecule has 3 N–H and O–H groups in total. The van der Waals surface area contributed by atoms with Gasteiger partial charge in [-0.1, -0.05) is 12.1 Å². The lowest BCUT2D eigenvalue weighted by molar-refractivity contribution is -0.122. The maximum Gasteiger partial charge on any atom is 0.411 e. The number of rotatable bonds is 4. The maximum atomic E-state index is 11.9. The van der Waals surface area contributed by atoms with Gasteiger partial charge in [0.1, 0.15) is 6.54 Å². The summed E-state index contributed by atoms with van der Waals surface area (Å²) in [6.07, 6.45) is -5.06. The highest BCUT2D eigenvalue weighted by Gasteiger charge is 2.27. The Morgan fingerprint density at radius 1 is 1.14 bits per heavy atom. The topological polar surface area (TPSA) is 79.5 Å². The average Bonchev–Trinajstić information content (AvgIpc) is 2.43. The Bertz CT molecular complexity index is 489. The fraction of sp³-hybridized carbons (Fsp3) is 0.333. The molecule has 0 fully saturated rings. The molecule has 9 heteroatoms. The third-order valence-corrected chi connectivity index (χ3v) is 2.29. The minimum Gasteiger partial charge on any atom is -0.453 e. The number of hydrogen-bond acceptors (Lipinski definition) is 3. The van der Waals surface area contributed by atoms with Crippen molar-refractivity contribution in [2.75, 3.05) is 19.0 Å². The summed E-state index contributed by atoms with van der Waals surface area (Å²) in [4.78, 5) is 22.1. The molecule has 0 radical (unpaired) electrons. The standard InChI is InChI=1S/C12H14F3N3O3/c1-21-11(20)18-9-4-2-8(3-5-9)6-16-10(19)17-7-12(13,14)15/h2-5H,6-7H2,1H3,(H,18,20)(H2,16,17,19). The summed E-state index contributed by atoms with van der Waals surface area (Å²) in [5, 5.41) is 6.40. The minimum atomic E-state index is -4.45. The third kappa shape index (κ3) is 7.04. The number of amides is 3. The zero-order valence-electron chi connectivity index (χ0n) is 11.1. The van der Waals surface area contributed by atoms with Crippen LogP contribution in [0.2, 0.25) is 0 Å². The molecule has 3 amide bonds. The van der Waals surface area contributed by atoms with Gasteiger partial charge in [-0.2, -0.15) is 13.2 Å². The van der Waals surface area contributed by atoms with E-state index >= 15 is 0 Å². The zero-order chi connectivity index (χ0) is 15.9. The van der Waals surface area contributed by atoms with Crippen LogP contribution in [0.4, 0.5) is 28.4 Å². The number of hydrogen-bond donors (Lipinski definition) is 3. The molecule has 1 aromatic rings. The van der Waals surface area contributed by atoms with Gasteiger partial charge in [-0.05, 0) is 17.7 Å². The molecule has 0 aliphatic carbocycles. The molecule has 0 aliphatic rings. The van der Waals surface area contributed by atoms with Crippen molar-refractivity contribution in [2.45, 2.75) is 12.7 Å². The van der Waals surface area contributed by atoms with Crippen LogP contribution in [0.15, 0.2) is 24.3 Å². The number of methoxy groups -OCH3 is 1. The van der Waals surface area contributed by atoms with Crippen molar-refractivity contribution in [3.63, 3.8) is 0 Å². The van der Waals surface area contributed by atoms with Crippen LogP contribution in [0.1, 0.15) is 5.56 Å². The van der Waals surface area contributed by atoms with Crippen LogP contribution in [-0.4, -0.2) is 32.0 Å². The van der Waals surface area contributed by atoms with E-state index in [1.807, 2.05) is 0 Å². The number of halogens is 3. The van der Waals surface area contributed by atoms with E-state index in [2.05, 4.69) is 15.4 Å². The molecule has 6 nitrogen and oxygen atoms in total. The first-order valence-electron chi connectivity index (χ1n) is 5.82. The summed E-state index contributed by atoms with van der Waals surface area (Å²) in [7, 11) is 1.23. The van der Waals surface area contributed by atoms with Crippen LogP contribution < -0.4 is 16.0 Å². The van der Waals surface area contributed by atoms with Gasteiger partial charge in [-0.25, -0.2) is 9.59 Å². The quantitative estimate of drug-likeness (QED) is 0.798. The number of carbonyl (C=O) groups is 2. The summed E-state index contributed by atoms with van der Waals surface area (Å²) in [5.41, 5.74) is 1.15. The molecule has 0 spiro atoms.